The molecule has 0 aliphatic carbocycles. The van der Waals surface area contributed by atoms with Crippen LogP contribution in [0.3, 0.4) is 0 Å². The molecule has 1 fully saturated rings. The Labute approximate surface area is 226 Å². The summed E-state index contributed by atoms with van der Waals surface area (Å²) in [6.45, 7) is 11.5. The monoisotopic (exact) mass is 524 g/mol. The number of carbonyl (C=O) groups is 3. The minimum atomic E-state index is -0.841. The summed E-state index contributed by atoms with van der Waals surface area (Å²) in [6, 6.07) is 12.5. The first-order valence-electron chi connectivity index (χ1n) is 13.7. The molecule has 0 saturated carbocycles. The summed E-state index contributed by atoms with van der Waals surface area (Å²) in [4.78, 5) is 41.3. The van der Waals surface area contributed by atoms with E-state index in [1.54, 1.807) is 4.90 Å². The van der Waals surface area contributed by atoms with Gasteiger partial charge in [0.05, 0.1) is 6.10 Å². The Morgan fingerprint density at radius 2 is 1.74 bits per heavy atom. The van der Waals surface area contributed by atoms with Gasteiger partial charge in [0.25, 0.3) is 0 Å². The molecule has 0 spiro atoms. The lowest BCUT2D eigenvalue weighted by molar-refractivity contribution is -0.145. The molecule has 8 nitrogen and oxygen atoms in total. The maximum absolute atomic E-state index is 13.4. The van der Waals surface area contributed by atoms with E-state index in [1.165, 1.54) is 0 Å². The van der Waals surface area contributed by atoms with E-state index in [0.717, 1.165) is 29.3 Å². The molecule has 8 heteroatoms. The standard InChI is InChI=1S/C30H44N4O4/c1-20(2)17-31-18-24(35)19-32-27(36)25(16-21-12-13-22-9-6-7-10-23(22)15-21)33-28(37)26-11-8-14-34(26)29(38)30(3,4)5/h6-7,9-10,12-13,15,20,24-26,31,35H,8,11,14,16-19H2,1-5H3,(H,32,36)(H,33,37)/t24?,25-,26+/m1/s1. The van der Waals surface area contributed by atoms with Crippen LogP contribution < -0.4 is 16.0 Å². The number of amides is 3. The van der Waals surface area contributed by atoms with Crippen molar-refractivity contribution in [1.29, 1.82) is 0 Å². The molecule has 2 aromatic rings. The number of benzene rings is 2. The number of fused-ring (bicyclic) bond motifs is 1. The maximum atomic E-state index is 13.4. The topological polar surface area (TPSA) is 111 Å². The molecule has 4 N–H and O–H groups in total. The van der Waals surface area contributed by atoms with Crippen LogP contribution in [0.2, 0.25) is 0 Å². The van der Waals surface area contributed by atoms with Crippen molar-refractivity contribution in [3.05, 3.63) is 48.0 Å². The van der Waals surface area contributed by atoms with Crippen molar-refractivity contribution >= 4 is 28.5 Å². The predicted molar refractivity (Wildman–Crippen MR) is 150 cm³/mol. The van der Waals surface area contributed by atoms with Gasteiger partial charge in [0.1, 0.15) is 12.1 Å². The van der Waals surface area contributed by atoms with Gasteiger partial charge < -0.3 is 26.0 Å². The van der Waals surface area contributed by atoms with E-state index in [0.29, 0.717) is 31.8 Å². The van der Waals surface area contributed by atoms with Crippen LogP contribution in [-0.2, 0) is 20.8 Å². The summed E-state index contributed by atoms with van der Waals surface area (Å²) in [5.41, 5.74) is 0.321. The van der Waals surface area contributed by atoms with E-state index in [1.807, 2.05) is 63.2 Å². The van der Waals surface area contributed by atoms with Gasteiger partial charge in [-0.1, -0.05) is 77.1 Å². The van der Waals surface area contributed by atoms with Crippen LogP contribution >= 0.6 is 0 Å². The fraction of sp³-hybridized carbons (Fsp3) is 0.567. The van der Waals surface area contributed by atoms with E-state index in [4.69, 9.17) is 0 Å². The second-order valence-corrected chi connectivity index (χ2v) is 11.8. The number of hydrogen-bond donors (Lipinski definition) is 4. The van der Waals surface area contributed by atoms with Crippen LogP contribution in [0.25, 0.3) is 10.8 Å². The maximum Gasteiger partial charge on any atom is 0.243 e. The molecule has 1 aliphatic rings. The van der Waals surface area contributed by atoms with Crippen molar-refractivity contribution in [3.8, 4) is 0 Å². The highest BCUT2D eigenvalue weighted by atomic mass is 16.3. The van der Waals surface area contributed by atoms with Crippen LogP contribution in [0.5, 0.6) is 0 Å². The van der Waals surface area contributed by atoms with Crippen LogP contribution in [0.1, 0.15) is 53.0 Å². The Hall–Kier alpha value is -2.97. The number of hydrogen-bond acceptors (Lipinski definition) is 5. The Bertz CT molecular complexity index is 1110. The molecule has 1 heterocycles. The zero-order valence-corrected chi connectivity index (χ0v) is 23.4. The fourth-order valence-electron chi connectivity index (χ4n) is 4.74. The predicted octanol–water partition coefficient (Wildman–Crippen LogP) is 2.63. The SMILES string of the molecule is CC(C)CNCC(O)CNC(=O)[C@@H](Cc1ccc2ccccc2c1)NC(=O)[C@@H]1CCCN1C(=O)C(C)(C)C. The fourth-order valence-corrected chi connectivity index (χ4v) is 4.74. The van der Waals surface area contributed by atoms with Gasteiger partial charge in [-0.2, -0.15) is 0 Å². The molecule has 3 amide bonds. The van der Waals surface area contributed by atoms with E-state index in [-0.39, 0.29) is 24.3 Å². The highest BCUT2D eigenvalue weighted by molar-refractivity contribution is 5.93. The van der Waals surface area contributed by atoms with E-state index in [2.05, 4.69) is 29.8 Å². The minimum absolute atomic E-state index is 0.0669. The van der Waals surface area contributed by atoms with Gasteiger partial charge in [0, 0.05) is 31.5 Å². The van der Waals surface area contributed by atoms with Gasteiger partial charge in [0.2, 0.25) is 17.7 Å². The summed E-state index contributed by atoms with van der Waals surface area (Å²) in [6.07, 6.45) is 0.864. The molecule has 0 radical (unpaired) electrons. The smallest absolute Gasteiger partial charge is 0.243 e. The quantitative estimate of drug-likeness (QED) is 0.361. The van der Waals surface area contributed by atoms with Crippen LogP contribution in [0, 0.1) is 11.3 Å². The summed E-state index contributed by atoms with van der Waals surface area (Å²) in [7, 11) is 0. The van der Waals surface area contributed by atoms with Crippen LogP contribution in [-0.4, -0.2) is 72.1 Å². The Morgan fingerprint density at radius 3 is 2.42 bits per heavy atom. The molecule has 1 saturated heterocycles. The number of aliphatic hydroxyl groups excluding tert-OH is 1. The molecule has 1 unspecified atom stereocenters. The Kier molecular flexibility index (Phi) is 10.3. The van der Waals surface area contributed by atoms with E-state index >= 15 is 0 Å². The third-order valence-electron chi connectivity index (χ3n) is 6.79. The van der Waals surface area contributed by atoms with Crippen molar-refractivity contribution in [2.75, 3.05) is 26.2 Å². The zero-order chi connectivity index (χ0) is 27.9. The molecule has 208 valence electrons. The third kappa shape index (κ3) is 8.27. The number of nitrogens with zero attached hydrogens (tertiary/aromatic N) is 1. The van der Waals surface area contributed by atoms with Gasteiger partial charge in [0.15, 0.2) is 0 Å². The lowest BCUT2D eigenvalue weighted by Gasteiger charge is -2.31. The average molecular weight is 525 g/mol. The molecule has 1 aliphatic heterocycles. The highest BCUT2D eigenvalue weighted by Gasteiger charge is 2.39. The molecular formula is C30H44N4O4. The molecule has 3 rings (SSSR count). The second kappa shape index (κ2) is 13.2. The van der Waals surface area contributed by atoms with Crippen molar-refractivity contribution in [2.45, 2.75) is 72.1 Å². The first-order valence-corrected chi connectivity index (χ1v) is 13.7. The van der Waals surface area contributed by atoms with Crippen molar-refractivity contribution in [2.24, 2.45) is 11.3 Å². The molecule has 0 aromatic heterocycles. The van der Waals surface area contributed by atoms with Gasteiger partial charge in [-0.15, -0.1) is 0 Å². The summed E-state index contributed by atoms with van der Waals surface area (Å²) >= 11 is 0. The summed E-state index contributed by atoms with van der Waals surface area (Å²) < 4.78 is 0. The normalized spacial score (nSPS) is 17.4. The van der Waals surface area contributed by atoms with Gasteiger partial charge in [-0.05, 0) is 41.6 Å². The van der Waals surface area contributed by atoms with Crippen molar-refractivity contribution < 1.29 is 19.5 Å². The van der Waals surface area contributed by atoms with Crippen LogP contribution in [0.4, 0.5) is 0 Å². The molecule has 2 aromatic carbocycles. The Morgan fingerprint density at radius 1 is 1.03 bits per heavy atom. The molecular weight excluding hydrogens is 480 g/mol. The number of aliphatic hydroxyl groups is 1. The van der Waals surface area contributed by atoms with Crippen LogP contribution in [0.15, 0.2) is 42.5 Å². The molecule has 3 atom stereocenters. The zero-order valence-electron chi connectivity index (χ0n) is 23.4. The molecule has 0 bridgehead atoms. The number of rotatable bonds is 11. The summed E-state index contributed by atoms with van der Waals surface area (Å²) in [5.74, 6) is -0.289. The van der Waals surface area contributed by atoms with Gasteiger partial charge in [-0.25, -0.2) is 0 Å². The summed E-state index contributed by atoms with van der Waals surface area (Å²) in [5, 5.41) is 21.4. The number of likely N-dealkylation sites (tertiary alicyclic amines) is 1. The van der Waals surface area contributed by atoms with Crippen molar-refractivity contribution in [3.63, 3.8) is 0 Å². The minimum Gasteiger partial charge on any atom is -0.390 e. The van der Waals surface area contributed by atoms with Crippen molar-refractivity contribution in [1.82, 2.24) is 20.9 Å². The lowest BCUT2D eigenvalue weighted by atomic mass is 9.94. The van der Waals surface area contributed by atoms with Gasteiger partial charge in [-0.3, -0.25) is 14.4 Å². The third-order valence-corrected chi connectivity index (χ3v) is 6.79. The Balaban J connectivity index is 1.73. The lowest BCUT2D eigenvalue weighted by Crippen LogP contribution is -2.55. The highest BCUT2D eigenvalue weighted by Crippen LogP contribution is 2.26. The van der Waals surface area contributed by atoms with E-state index < -0.39 is 23.6 Å². The average Bonchev–Trinajstić information content (AvgIpc) is 3.35. The first-order chi connectivity index (χ1) is 18.0. The van der Waals surface area contributed by atoms with Gasteiger partial charge >= 0.3 is 0 Å². The second-order valence-electron chi connectivity index (χ2n) is 11.8. The first kappa shape index (κ1) is 29.6. The van der Waals surface area contributed by atoms with E-state index in [9.17, 15) is 19.5 Å². The number of nitrogens with one attached hydrogen (secondary N) is 3. The number of carbonyl (C=O) groups excluding carboxylic acids is 3. The largest absolute Gasteiger partial charge is 0.390 e. The molecule has 38 heavy (non-hydrogen) atoms.